The molecular weight excluding hydrogens is 624 g/mol. The summed E-state index contributed by atoms with van der Waals surface area (Å²) in [7, 11) is -2.97. The Labute approximate surface area is 274 Å². The molecule has 0 radical (unpaired) electrons. The highest BCUT2D eigenvalue weighted by Crippen LogP contribution is 2.58. The second kappa shape index (κ2) is 12.3. The van der Waals surface area contributed by atoms with Crippen molar-refractivity contribution in [2.75, 3.05) is 36.2 Å². The van der Waals surface area contributed by atoms with Crippen LogP contribution >= 0.6 is 0 Å². The fourth-order valence-corrected chi connectivity index (χ4v) is 7.85. The van der Waals surface area contributed by atoms with E-state index in [9.17, 15) is 22.8 Å². The Morgan fingerprint density at radius 2 is 1.74 bits per heavy atom. The van der Waals surface area contributed by atoms with Gasteiger partial charge in [-0.1, -0.05) is 41.6 Å². The van der Waals surface area contributed by atoms with Crippen LogP contribution in [0.15, 0.2) is 53.1 Å². The van der Waals surface area contributed by atoms with E-state index in [1.807, 2.05) is 62.4 Å². The largest absolute Gasteiger partial charge is 0.469 e. The zero-order valence-electron chi connectivity index (χ0n) is 27.0. The summed E-state index contributed by atoms with van der Waals surface area (Å²) in [5.41, 5.74) is 4.55. The lowest BCUT2D eigenvalue weighted by molar-refractivity contribution is -0.140. The Bertz CT molecular complexity index is 1780. The van der Waals surface area contributed by atoms with Crippen molar-refractivity contribution in [2.45, 2.75) is 70.4 Å². The van der Waals surface area contributed by atoms with Crippen LogP contribution in [0.25, 0.3) is 0 Å². The number of hydrogen-bond donors (Lipinski definition) is 2. The molecule has 2 N–H and O–H groups in total. The van der Waals surface area contributed by atoms with Gasteiger partial charge in [0.1, 0.15) is 17.5 Å². The number of carbonyl (C=O) groups excluding carboxylic acids is 3. The number of anilines is 2. The second-order valence-electron chi connectivity index (χ2n) is 13.2. The van der Waals surface area contributed by atoms with Gasteiger partial charge in [0.25, 0.3) is 0 Å². The number of nitrogens with one attached hydrogen (secondary N) is 2. The quantitative estimate of drug-likeness (QED) is 0.259. The lowest BCUT2D eigenvalue weighted by Crippen LogP contribution is -2.61. The van der Waals surface area contributed by atoms with E-state index in [1.165, 1.54) is 7.11 Å². The minimum Gasteiger partial charge on any atom is -0.469 e. The van der Waals surface area contributed by atoms with Gasteiger partial charge >= 0.3 is 17.3 Å². The van der Waals surface area contributed by atoms with Crippen LogP contribution in [-0.2, 0) is 29.6 Å². The third-order valence-electron chi connectivity index (χ3n) is 9.77. The van der Waals surface area contributed by atoms with Gasteiger partial charge in [0.2, 0.25) is 9.84 Å². The highest BCUT2D eigenvalue weighted by atomic mass is 32.2. The Morgan fingerprint density at radius 1 is 1.06 bits per heavy atom. The molecule has 47 heavy (non-hydrogen) atoms. The van der Waals surface area contributed by atoms with Crippen LogP contribution in [-0.4, -0.2) is 56.8 Å². The molecule has 1 atom stereocenters. The van der Waals surface area contributed by atoms with Crippen molar-refractivity contribution in [3.63, 3.8) is 0 Å². The molecule has 3 aromatic rings. The molecule has 2 amide bonds. The molecule has 1 aromatic heterocycles. The highest BCUT2D eigenvalue weighted by molar-refractivity contribution is 8.06. The molecule has 3 fully saturated rings. The topological polar surface area (TPSA) is 157 Å². The minimum atomic E-state index is -4.14. The summed E-state index contributed by atoms with van der Waals surface area (Å²) < 4.78 is 40.6. The molecule has 13 heteroatoms. The van der Waals surface area contributed by atoms with Crippen molar-refractivity contribution in [3.8, 4) is 0 Å². The number of nitrogens with zero attached hydrogens (tertiary/aromatic N) is 2. The van der Waals surface area contributed by atoms with Crippen LogP contribution in [0.4, 0.5) is 21.0 Å². The van der Waals surface area contributed by atoms with Gasteiger partial charge in [0, 0.05) is 30.1 Å². The first-order chi connectivity index (χ1) is 22.3. The molecule has 12 nitrogen and oxygen atoms in total. The van der Waals surface area contributed by atoms with E-state index in [0.717, 1.165) is 48.3 Å². The van der Waals surface area contributed by atoms with Crippen LogP contribution in [0.3, 0.4) is 0 Å². The van der Waals surface area contributed by atoms with Crippen LogP contribution in [0.2, 0.25) is 0 Å². The van der Waals surface area contributed by atoms with Crippen LogP contribution in [0.1, 0.15) is 79.2 Å². The highest BCUT2D eigenvalue weighted by Gasteiger charge is 2.54. The minimum absolute atomic E-state index is 0.145. The number of methoxy groups -OCH3 is 1. The number of amides is 2. The molecule has 250 valence electrons. The van der Waals surface area contributed by atoms with Gasteiger partial charge in [-0.2, -0.15) is 0 Å². The Balaban J connectivity index is 1.00. The molecule has 0 unspecified atom stereocenters. The van der Waals surface area contributed by atoms with E-state index in [4.69, 9.17) is 9.26 Å². The maximum absolute atomic E-state index is 12.8. The van der Waals surface area contributed by atoms with Gasteiger partial charge in [0.05, 0.1) is 24.8 Å². The number of hydrogen-bond acceptors (Lipinski definition) is 10. The first-order valence-corrected chi connectivity index (χ1v) is 17.5. The number of sulfone groups is 1. The lowest BCUT2D eigenvalue weighted by atomic mass is 9.57. The molecule has 1 spiro atoms. The van der Waals surface area contributed by atoms with Gasteiger partial charge < -0.3 is 24.2 Å². The van der Waals surface area contributed by atoms with Crippen molar-refractivity contribution < 1.29 is 36.8 Å². The monoisotopic (exact) mass is 664 g/mol. The first kappa shape index (κ1) is 32.5. The fourth-order valence-electron chi connectivity index (χ4n) is 6.88. The second-order valence-corrected chi connectivity index (χ2v) is 15.2. The van der Waals surface area contributed by atoms with E-state index in [1.54, 1.807) is 6.92 Å². The van der Waals surface area contributed by atoms with Crippen molar-refractivity contribution in [3.05, 3.63) is 76.7 Å². The van der Waals surface area contributed by atoms with Crippen molar-refractivity contribution >= 4 is 38.5 Å². The van der Waals surface area contributed by atoms with Crippen LogP contribution in [0, 0.1) is 19.3 Å². The Morgan fingerprint density at radius 3 is 2.38 bits per heavy atom. The number of benzene rings is 2. The number of aromatic nitrogens is 1. The zero-order chi connectivity index (χ0) is 33.6. The van der Waals surface area contributed by atoms with Crippen molar-refractivity contribution in [1.29, 1.82) is 0 Å². The Kier molecular flexibility index (Phi) is 8.54. The van der Waals surface area contributed by atoms with Crippen molar-refractivity contribution in [1.82, 2.24) is 10.5 Å². The van der Waals surface area contributed by atoms with Crippen LogP contribution in [0.5, 0.6) is 0 Å². The summed E-state index contributed by atoms with van der Waals surface area (Å²) >= 11 is 0. The van der Waals surface area contributed by atoms with E-state index < -0.39 is 44.5 Å². The third kappa shape index (κ3) is 6.58. The number of carbonyl (C=O) groups is 3. The number of aryl methyl sites for hydroxylation is 2. The predicted molar refractivity (Wildman–Crippen MR) is 174 cm³/mol. The van der Waals surface area contributed by atoms with Gasteiger partial charge in [-0.3, -0.25) is 14.9 Å². The summed E-state index contributed by atoms with van der Waals surface area (Å²) in [6.45, 7) is 7.41. The molecule has 0 bridgehead atoms. The number of esters is 1. The average Bonchev–Trinajstić information content (AvgIpc) is 3.71. The smallest absolute Gasteiger partial charge is 0.412 e. The summed E-state index contributed by atoms with van der Waals surface area (Å²) in [6, 6.07) is 15.7. The summed E-state index contributed by atoms with van der Waals surface area (Å²) in [4.78, 5) is 39.0. The van der Waals surface area contributed by atoms with Crippen molar-refractivity contribution in [2.24, 2.45) is 5.41 Å². The van der Waals surface area contributed by atoms with Crippen LogP contribution < -0.4 is 15.5 Å². The molecule has 3 aliphatic rings. The molecule has 1 saturated heterocycles. The molecule has 6 rings (SSSR count). The average molecular weight is 665 g/mol. The molecule has 2 saturated carbocycles. The molecule has 2 aliphatic carbocycles. The zero-order valence-corrected chi connectivity index (χ0v) is 27.8. The molecule has 2 aromatic carbocycles. The normalized spacial score (nSPS) is 18.4. The number of rotatable bonds is 10. The van der Waals surface area contributed by atoms with Gasteiger partial charge in [0.15, 0.2) is 5.76 Å². The van der Waals surface area contributed by atoms with E-state index in [-0.39, 0.29) is 17.8 Å². The molecular formula is C34H40N4O8S. The van der Waals surface area contributed by atoms with Gasteiger partial charge in [-0.25, -0.2) is 13.2 Å². The predicted octanol–water partition coefficient (Wildman–Crippen LogP) is 5.66. The maximum atomic E-state index is 12.8. The fraction of sp³-hybridized carbons (Fsp3) is 0.471. The molecule has 2 heterocycles. The SMILES string of the molecule is COC(=O)CCS(=O)(=O)C(=O)NC1(c2ccc(N3CC4(CC(c5onc(C)c5NC(=O)O[C@H](C)c5ccccc5C)C4)C3)cc2)CC1. The van der Waals surface area contributed by atoms with Gasteiger partial charge in [-0.05, 0) is 75.3 Å². The lowest BCUT2D eigenvalue weighted by Gasteiger charge is -2.59. The molecule has 1 aliphatic heterocycles. The number of ether oxygens (including phenoxy) is 2. The standard InChI is InChI=1S/C34H40N4O8S/c1-21-7-5-6-8-27(21)23(3)45-31(40)35-29-22(2)37-46-30(29)24-17-33(18-24)19-38(20-33)26-11-9-25(10-12-26)34(14-15-34)36-32(41)47(42,43)16-13-28(39)44-4/h5-12,23-24H,13-20H2,1-4H3,(H,35,40)(H,36,41)/t23-/m1/s1. The summed E-state index contributed by atoms with van der Waals surface area (Å²) in [6.07, 6.45) is 1.79. The first-order valence-electron chi connectivity index (χ1n) is 15.8. The maximum Gasteiger partial charge on any atom is 0.412 e. The Hall–Kier alpha value is -4.39. The van der Waals surface area contributed by atoms with E-state index in [2.05, 4.69) is 25.4 Å². The van der Waals surface area contributed by atoms with Gasteiger partial charge in [-0.15, -0.1) is 0 Å². The summed E-state index contributed by atoms with van der Waals surface area (Å²) in [5.74, 6) is -0.445. The van der Waals surface area contributed by atoms with E-state index in [0.29, 0.717) is 30.0 Å². The third-order valence-corrected chi connectivity index (χ3v) is 11.2. The van der Waals surface area contributed by atoms with E-state index >= 15 is 0 Å². The summed E-state index contributed by atoms with van der Waals surface area (Å²) in [5, 5.41) is 8.63.